The highest BCUT2D eigenvalue weighted by Gasteiger charge is 2.34. The minimum absolute atomic E-state index is 0.0605. The third-order valence-corrected chi connectivity index (χ3v) is 7.65. The predicted octanol–water partition coefficient (Wildman–Crippen LogP) is 4.44. The van der Waals surface area contributed by atoms with E-state index in [0.29, 0.717) is 46.5 Å². The van der Waals surface area contributed by atoms with Gasteiger partial charge < -0.3 is 18.5 Å². The molecule has 190 valence electrons. The molecule has 7 heteroatoms. The van der Waals surface area contributed by atoms with E-state index in [4.69, 9.17) is 13.9 Å². The molecule has 4 aromatic rings. The van der Waals surface area contributed by atoms with Gasteiger partial charge in [0.15, 0.2) is 0 Å². The number of benzene rings is 2. The number of pyridine rings is 1. The zero-order valence-corrected chi connectivity index (χ0v) is 21.1. The molecular formula is C30H30N2O5. The molecule has 2 atom stereocenters. The van der Waals surface area contributed by atoms with Crippen molar-refractivity contribution in [3.05, 3.63) is 92.7 Å². The Morgan fingerprint density at radius 3 is 2.59 bits per heavy atom. The second kappa shape index (κ2) is 9.56. The van der Waals surface area contributed by atoms with E-state index in [9.17, 15) is 9.59 Å². The number of piperidine rings is 1. The van der Waals surface area contributed by atoms with Crippen LogP contribution >= 0.6 is 0 Å². The van der Waals surface area contributed by atoms with Crippen molar-refractivity contribution in [3.8, 4) is 22.6 Å². The lowest BCUT2D eigenvalue weighted by atomic mass is 9.83. The van der Waals surface area contributed by atoms with Crippen molar-refractivity contribution in [2.45, 2.75) is 25.8 Å². The fraction of sp³-hybridized carbons (Fsp3) is 0.333. The SMILES string of the molecule is COc1ccc(-c2c(C)oc3cc(OCCN4C[C@@H]5C[C@@H](C4)c4cccc(=O)n4C5)ccc3c2=O)cc1. The minimum Gasteiger partial charge on any atom is -0.497 e. The molecule has 0 spiro atoms. The summed E-state index contributed by atoms with van der Waals surface area (Å²) in [4.78, 5) is 28.0. The maximum atomic E-state index is 13.3. The number of rotatable bonds is 6. The fourth-order valence-corrected chi connectivity index (χ4v) is 5.94. The highest BCUT2D eigenvalue weighted by Crippen LogP contribution is 2.35. The number of aryl methyl sites for hydroxylation is 1. The van der Waals surface area contributed by atoms with E-state index in [1.165, 1.54) is 0 Å². The molecule has 2 aromatic carbocycles. The largest absolute Gasteiger partial charge is 0.497 e. The Hall–Kier alpha value is -3.84. The maximum Gasteiger partial charge on any atom is 0.250 e. The van der Waals surface area contributed by atoms with Crippen LogP contribution in [-0.2, 0) is 6.54 Å². The van der Waals surface area contributed by atoms with Gasteiger partial charge in [-0.2, -0.15) is 0 Å². The first-order valence-electron chi connectivity index (χ1n) is 12.8. The van der Waals surface area contributed by atoms with Gasteiger partial charge in [-0.15, -0.1) is 0 Å². The Balaban J connectivity index is 1.15. The Bertz CT molecular complexity index is 1570. The van der Waals surface area contributed by atoms with Crippen molar-refractivity contribution < 1.29 is 13.9 Å². The zero-order valence-electron chi connectivity index (χ0n) is 21.1. The number of hydrogen-bond donors (Lipinski definition) is 0. The molecule has 0 unspecified atom stereocenters. The van der Waals surface area contributed by atoms with E-state index >= 15 is 0 Å². The van der Waals surface area contributed by atoms with Crippen LogP contribution in [0.1, 0.15) is 23.8 Å². The standard InChI is InChI=1S/C30H30N2O5/c1-19-29(21-6-8-23(35-2)9-7-21)30(34)25-11-10-24(15-27(25)37-19)36-13-12-31-16-20-14-22(18-31)26-4-3-5-28(33)32(26)17-20/h3-11,15,20,22H,12-14,16-18H2,1-2H3/t20-,22-/m0/s1. The molecule has 0 aliphatic carbocycles. The van der Waals surface area contributed by atoms with E-state index in [1.54, 1.807) is 25.3 Å². The number of aromatic nitrogens is 1. The molecular weight excluding hydrogens is 468 g/mol. The van der Waals surface area contributed by atoms with Gasteiger partial charge in [-0.25, -0.2) is 0 Å². The molecule has 1 saturated heterocycles. The van der Waals surface area contributed by atoms with Crippen LogP contribution in [0.2, 0.25) is 0 Å². The van der Waals surface area contributed by atoms with Crippen molar-refractivity contribution in [1.82, 2.24) is 9.47 Å². The lowest BCUT2D eigenvalue weighted by Crippen LogP contribution is -2.48. The van der Waals surface area contributed by atoms with E-state index < -0.39 is 0 Å². The van der Waals surface area contributed by atoms with E-state index in [2.05, 4.69) is 11.0 Å². The second-order valence-corrected chi connectivity index (χ2v) is 10.1. The first-order chi connectivity index (χ1) is 18.0. The van der Waals surface area contributed by atoms with Crippen LogP contribution in [0.4, 0.5) is 0 Å². The Morgan fingerprint density at radius 1 is 0.973 bits per heavy atom. The molecule has 0 N–H and O–H groups in total. The Labute approximate surface area is 214 Å². The molecule has 2 aromatic heterocycles. The number of nitrogens with zero attached hydrogens (tertiary/aromatic N) is 2. The number of fused-ring (bicyclic) bond motifs is 5. The molecule has 0 radical (unpaired) electrons. The average molecular weight is 499 g/mol. The zero-order chi connectivity index (χ0) is 25.5. The van der Waals surface area contributed by atoms with Gasteiger partial charge in [0.1, 0.15) is 29.4 Å². The molecule has 37 heavy (non-hydrogen) atoms. The highest BCUT2D eigenvalue weighted by molar-refractivity contribution is 5.83. The van der Waals surface area contributed by atoms with Crippen LogP contribution in [0.5, 0.6) is 11.5 Å². The summed E-state index contributed by atoms with van der Waals surface area (Å²) in [5.41, 5.74) is 3.08. The van der Waals surface area contributed by atoms with Gasteiger partial charge in [0, 0.05) is 49.9 Å². The summed E-state index contributed by atoms with van der Waals surface area (Å²) in [6.07, 6.45) is 1.14. The van der Waals surface area contributed by atoms with Gasteiger partial charge in [0.25, 0.3) is 5.56 Å². The highest BCUT2D eigenvalue weighted by atomic mass is 16.5. The molecule has 4 heterocycles. The normalized spacial score (nSPS) is 19.0. The number of methoxy groups -OCH3 is 1. The first-order valence-corrected chi connectivity index (χ1v) is 12.8. The molecule has 0 amide bonds. The van der Waals surface area contributed by atoms with Crippen LogP contribution in [0.3, 0.4) is 0 Å². The van der Waals surface area contributed by atoms with Crippen LogP contribution in [-0.4, -0.2) is 42.8 Å². The summed E-state index contributed by atoms with van der Waals surface area (Å²) in [7, 11) is 1.62. The number of likely N-dealkylation sites (tertiary alicyclic amines) is 1. The summed E-state index contributed by atoms with van der Waals surface area (Å²) < 4.78 is 19.3. The number of ether oxygens (including phenoxy) is 2. The van der Waals surface area contributed by atoms with Crippen molar-refractivity contribution in [1.29, 1.82) is 0 Å². The van der Waals surface area contributed by atoms with Gasteiger partial charge in [-0.05, 0) is 55.2 Å². The third kappa shape index (κ3) is 4.44. The molecule has 7 nitrogen and oxygen atoms in total. The van der Waals surface area contributed by atoms with Crippen LogP contribution in [0.25, 0.3) is 22.1 Å². The van der Waals surface area contributed by atoms with Crippen molar-refractivity contribution in [2.24, 2.45) is 5.92 Å². The number of hydrogen-bond acceptors (Lipinski definition) is 6. The van der Waals surface area contributed by atoms with Crippen molar-refractivity contribution >= 4 is 11.0 Å². The smallest absolute Gasteiger partial charge is 0.250 e. The molecule has 1 fully saturated rings. The van der Waals surface area contributed by atoms with Gasteiger partial charge in [0.05, 0.1) is 18.1 Å². The Kier molecular flexibility index (Phi) is 6.08. The molecule has 2 aliphatic rings. The monoisotopic (exact) mass is 498 g/mol. The summed E-state index contributed by atoms with van der Waals surface area (Å²) in [6, 6.07) is 18.4. The topological polar surface area (TPSA) is 73.9 Å². The Morgan fingerprint density at radius 2 is 1.78 bits per heavy atom. The molecule has 0 saturated carbocycles. The van der Waals surface area contributed by atoms with Crippen LogP contribution in [0, 0.1) is 12.8 Å². The van der Waals surface area contributed by atoms with Crippen molar-refractivity contribution in [3.63, 3.8) is 0 Å². The summed E-state index contributed by atoms with van der Waals surface area (Å²) in [5.74, 6) is 2.87. The van der Waals surface area contributed by atoms with E-state index in [0.717, 1.165) is 49.6 Å². The predicted molar refractivity (Wildman–Crippen MR) is 143 cm³/mol. The summed E-state index contributed by atoms with van der Waals surface area (Å²) >= 11 is 0. The molecule has 2 bridgehead atoms. The minimum atomic E-state index is -0.0605. The lowest BCUT2D eigenvalue weighted by molar-refractivity contribution is 0.104. The maximum absolute atomic E-state index is 13.3. The quantitative estimate of drug-likeness (QED) is 0.391. The van der Waals surface area contributed by atoms with E-state index in [-0.39, 0.29) is 11.0 Å². The molecule has 6 rings (SSSR count). The second-order valence-electron chi connectivity index (χ2n) is 10.1. The lowest BCUT2D eigenvalue weighted by Gasteiger charge is -2.42. The van der Waals surface area contributed by atoms with Gasteiger partial charge in [0.2, 0.25) is 5.43 Å². The van der Waals surface area contributed by atoms with E-state index in [1.807, 2.05) is 47.9 Å². The fourth-order valence-electron chi connectivity index (χ4n) is 5.94. The van der Waals surface area contributed by atoms with Crippen LogP contribution in [0.15, 0.2) is 74.7 Å². The van der Waals surface area contributed by atoms with Gasteiger partial charge in [-0.3, -0.25) is 14.5 Å². The van der Waals surface area contributed by atoms with Crippen molar-refractivity contribution in [2.75, 3.05) is 33.4 Å². The van der Waals surface area contributed by atoms with Crippen LogP contribution < -0.4 is 20.5 Å². The summed E-state index contributed by atoms with van der Waals surface area (Å²) in [5, 5.41) is 0.529. The molecule has 2 aliphatic heterocycles. The van der Waals surface area contributed by atoms with Gasteiger partial charge >= 0.3 is 0 Å². The average Bonchev–Trinajstić information content (AvgIpc) is 2.89. The van der Waals surface area contributed by atoms with Gasteiger partial charge in [-0.1, -0.05) is 18.2 Å². The summed E-state index contributed by atoms with van der Waals surface area (Å²) in [6.45, 7) is 5.86. The third-order valence-electron chi connectivity index (χ3n) is 7.65. The first kappa shape index (κ1) is 23.6.